The van der Waals surface area contributed by atoms with Crippen molar-refractivity contribution in [2.75, 3.05) is 19.8 Å². The molecule has 0 aliphatic carbocycles. The van der Waals surface area contributed by atoms with Gasteiger partial charge in [-0.1, -0.05) is 19.1 Å². The highest BCUT2D eigenvalue weighted by atomic mass is 16.5. The van der Waals surface area contributed by atoms with Crippen molar-refractivity contribution in [1.82, 2.24) is 5.32 Å². The molecule has 0 unspecified atom stereocenters. The quantitative estimate of drug-likeness (QED) is 0.517. The SMILES string of the molecule is C=CCCOc1ccc(CNCCC)cc1OCC. The molecule has 0 saturated heterocycles. The first kappa shape index (κ1) is 15.6. The molecule has 0 fully saturated rings. The van der Waals surface area contributed by atoms with Gasteiger partial charge in [-0.05, 0) is 44.0 Å². The average molecular weight is 263 g/mol. The normalized spacial score (nSPS) is 10.2. The zero-order chi connectivity index (χ0) is 13.9. The molecule has 0 amide bonds. The van der Waals surface area contributed by atoms with Gasteiger partial charge in [0.2, 0.25) is 0 Å². The molecule has 0 saturated carbocycles. The lowest BCUT2D eigenvalue weighted by molar-refractivity contribution is 0.280. The molecule has 1 rings (SSSR count). The minimum absolute atomic E-state index is 0.636. The third kappa shape index (κ3) is 5.79. The van der Waals surface area contributed by atoms with Crippen LogP contribution in [-0.2, 0) is 6.54 Å². The summed E-state index contributed by atoms with van der Waals surface area (Å²) < 4.78 is 11.3. The number of nitrogens with one attached hydrogen (secondary N) is 1. The van der Waals surface area contributed by atoms with Crippen molar-refractivity contribution in [3.8, 4) is 11.5 Å². The largest absolute Gasteiger partial charge is 0.490 e. The zero-order valence-corrected chi connectivity index (χ0v) is 12.1. The number of benzene rings is 1. The van der Waals surface area contributed by atoms with E-state index in [2.05, 4.69) is 31.0 Å². The molecule has 0 aliphatic heterocycles. The van der Waals surface area contributed by atoms with Crippen LogP contribution in [0.1, 0.15) is 32.3 Å². The molecular formula is C16H25NO2. The van der Waals surface area contributed by atoms with E-state index in [9.17, 15) is 0 Å². The van der Waals surface area contributed by atoms with Crippen molar-refractivity contribution in [1.29, 1.82) is 0 Å². The highest BCUT2D eigenvalue weighted by Crippen LogP contribution is 2.28. The number of ether oxygens (including phenoxy) is 2. The monoisotopic (exact) mass is 263 g/mol. The Balaban J connectivity index is 2.66. The summed E-state index contributed by atoms with van der Waals surface area (Å²) in [6, 6.07) is 6.11. The Morgan fingerprint density at radius 1 is 1.21 bits per heavy atom. The predicted molar refractivity (Wildman–Crippen MR) is 79.9 cm³/mol. The Kier molecular flexibility index (Phi) is 7.75. The van der Waals surface area contributed by atoms with Gasteiger partial charge < -0.3 is 14.8 Å². The second kappa shape index (κ2) is 9.45. The van der Waals surface area contributed by atoms with E-state index < -0.39 is 0 Å². The minimum atomic E-state index is 0.636. The molecule has 0 heterocycles. The van der Waals surface area contributed by atoms with Crippen LogP contribution in [0.3, 0.4) is 0 Å². The van der Waals surface area contributed by atoms with E-state index in [0.29, 0.717) is 13.2 Å². The van der Waals surface area contributed by atoms with Crippen molar-refractivity contribution in [2.24, 2.45) is 0 Å². The van der Waals surface area contributed by atoms with Gasteiger partial charge in [0.25, 0.3) is 0 Å². The van der Waals surface area contributed by atoms with Gasteiger partial charge in [0, 0.05) is 6.54 Å². The topological polar surface area (TPSA) is 30.5 Å². The molecule has 0 aromatic heterocycles. The zero-order valence-electron chi connectivity index (χ0n) is 12.1. The van der Waals surface area contributed by atoms with Crippen LogP contribution in [-0.4, -0.2) is 19.8 Å². The Hall–Kier alpha value is -1.48. The fraction of sp³-hybridized carbons (Fsp3) is 0.500. The second-order valence-electron chi connectivity index (χ2n) is 4.32. The summed E-state index contributed by atoms with van der Waals surface area (Å²) in [5.74, 6) is 1.63. The molecule has 0 radical (unpaired) electrons. The summed E-state index contributed by atoms with van der Waals surface area (Å²) in [5, 5.41) is 3.38. The van der Waals surface area contributed by atoms with E-state index in [1.54, 1.807) is 0 Å². The first-order chi connectivity index (χ1) is 9.31. The van der Waals surface area contributed by atoms with E-state index in [-0.39, 0.29) is 0 Å². The standard InChI is InChI=1S/C16H25NO2/c1-4-7-11-19-15-9-8-14(13-17-10-5-2)12-16(15)18-6-3/h4,8-9,12,17H,1,5-7,10-11,13H2,2-3H3. The molecule has 106 valence electrons. The third-order valence-corrected chi connectivity index (χ3v) is 2.64. The maximum atomic E-state index is 5.69. The molecule has 3 heteroatoms. The van der Waals surface area contributed by atoms with Crippen LogP contribution in [0.15, 0.2) is 30.9 Å². The first-order valence-electron chi connectivity index (χ1n) is 7.02. The molecule has 1 N–H and O–H groups in total. The van der Waals surface area contributed by atoms with Crippen molar-refractivity contribution in [2.45, 2.75) is 33.2 Å². The number of rotatable bonds is 10. The number of hydrogen-bond acceptors (Lipinski definition) is 3. The Bertz CT molecular complexity index is 377. The van der Waals surface area contributed by atoms with Gasteiger partial charge in [-0.15, -0.1) is 6.58 Å². The van der Waals surface area contributed by atoms with Gasteiger partial charge in [0.15, 0.2) is 11.5 Å². The van der Waals surface area contributed by atoms with E-state index in [4.69, 9.17) is 9.47 Å². The summed E-state index contributed by atoms with van der Waals surface area (Å²) in [7, 11) is 0. The van der Waals surface area contributed by atoms with Crippen LogP contribution in [0.4, 0.5) is 0 Å². The van der Waals surface area contributed by atoms with Crippen molar-refractivity contribution in [3.05, 3.63) is 36.4 Å². The molecule has 1 aromatic carbocycles. The summed E-state index contributed by atoms with van der Waals surface area (Å²) in [4.78, 5) is 0. The fourth-order valence-corrected chi connectivity index (χ4v) is 1.71. The van der Waals surface area contributed by atoms with Crippen LogP contribution in [0.25, 0.3) is 0 Å². The van der Waals surface area contributed by atoms with Gasteiger partial charge in [0.1, 0.15) is 0 Å². The molecule has 0 spiro atoms. The maximum absolute atomic E-state index is 5.69. The van der Waals surface area contributed by atoms with Crippen molar-refractivity contribution < 1.29 is 9.47 Å². The van der Waals surface area contributed by atoms with E-state index in [1.165, 1.54) is 5.56 Å². The summed E-state index contributed by atoms with van der Waals surface area (Å²) in [6.45, 7) is 11.0. The van der Waals surface area contributed by atoms with Gasteiger partial charge in [-0.25, -0.2) is 0 Å². The van der Waals surface area contributed by atoms with Crippen molar-refractivity contribution in [3.63, 3.8) is 0 Å². The summed E-state index contributed by atoms with van der Waals surface area (Å²) >= 11 is 0. The lowest BCUT2D eigenvalue weighted by atomic mass is 10.2. The Morgan fingerprint density at radius 2 is 2.05 bits per heavy atom. The smallest absolute Gasteiger partial charge is 0.161 e. The van der Waals surface area contributed by atoms with Crippen LogP contribution in [0.5, 0.6) is 11.5 Å². The van der Waals surface area contributed by atoms with Crippen molar-refractivity contribution >= 4 is 0 Å². The molecular weight excluding hydrogens is 238 g/mol. The summed E-state index contributed by atoms with van der Waals surface area (Å²) in [5.41, 5.74) is 1.22. The maximum Gasteiger partial charge on any atom is 0.161 e. The van der Waals surface area contributed by atoms with Crippen LogP contribution >= 0.6 is 0 Å². The van der Waals surface area contributed by atoms with E-state index >= 15 is 0 Å². The molecule has 0 atom stereocenters. The average Bonchev–Trinajstić information content (AvgIpc) is 2.42. The lowest BCUT2D eigenvalue weighted by Crippen LogP contribution is -2.13. The Labute approximate surface area is 116 Å². The lowest BCUT2D eigenvalue weighted by Gasteiger charge is -2.13. The number of hydrogen-bond donors (Lipinski definition) is 1. The molecule has 1 aromatic rings. The molecule has 19 heavy (non-hydrogen) atoms. The van der Waals surface area contributed by atoms with Gasteiger partial charge in [-0.2, -0.15) is 0 Å². The van der Waals surface area contributed by atoms with Gasteiger partial charge >= 0.3 is 0 Å². The molecule has 0 aliphatic rings. The molecule has 0 bridgehead atoms. The second-order valence-corrected chi connectivity index (χ2v) is 4.32. The third-order valence-electron chi connectivity index (χ3n) is 2.64. The highest BCUT2D eigenvalue weighted by Gasteiger charge is 2.06. The van der Waals surface area contributed by atoms with Crippen LogP contribution in [0, 0.1) is 0 Å². The van der Waals surface area contributed by atoms with E-state index in [0.717, 1.165) is 37.4 Å². The predicted octanol–water partition coefficient (Wildman–Crippen LogP) is 3.54. The van der Waals surface area contributed by atoms with Crippen LogP contribution < -0.4 is 14.8 Å². The van der Waals surface area contributed by atoms with Gasteiger partial charge in [-0.3, -0.25) is 0 Å². The highest BCUT2D eigenvalue weighted by molar-refractivity contribution is 5.43. The van der Waals surface area contributed by atoms with Gasteiger partial charge in [0.05, 0.1) is 13.2 Å². The fourth-order valence-electron chi connectivity index (χ4n) is 1.71. The van der Waals surface area contributed by atoms with Crippen LogP contribution in [0.2, 0.25) is 0 Å². The molecule has 3 nitrogen and oxygen atoms in total. The summed E-state index contributed by atoms with van der Waals surface area (Å²) in [6.07, 6.45) is 3.83. The minimum Gasteiger partial charge on any atom is -0.490 e. The first-order valence-corrected chi connectivity index (χ1v) is 7.02. The Morgan fingerprint density at radius 3 is 2.74 bits per heavy atom. The van der Waals surface area contributed by atoms with E-state index in [1.807, 2.05) is 19.1 Å².